The number of halogens is 1. The number of hydrogen-bond donors (Lipinski definition) is 0. The van der Waals surface area contributed by atoms with E-state index in [9.17, 15) is 9.59 Å². The van der Waals surface area contributed by atoms with Crippen LogP contribution in [0.25, 0.3) is 6.08 Å². The number of esters is 2. The van der Waals surface area contributed by atoms with Crippen LogP contribution >= 0.6 is 11.6 Å². The van der Waals surface area contributed by atoms with E-state index in [1.54, 1.807) is 13.0 Å². The molecular formula is C19H21ClN2O4. The maximum absolute atomic E-state index is 11.7. The molecule has 0 aliphatic rings. The maximum atomic E-state index is 11.7. The molecule has 0 fully saturated rings. The number of carbonyl (C=O) groups is 2. The van der Waals surface area contributed by atoms with Crippen molar-refractivity contribution in [2.75, 3.05) is 13.2 Å². The molecule has 0 amide bonds. The van der Waals surface area contributed by atoms with Gasteiger partial charge in [-0.1, -0.05) is 29.8 Å². The zero-order chi connectivity index (χ0) is 19.1. The molecule has 1 aromatic carbocycles. The normalized spacial score (nSPS) is 10.9. The van der Waals surface area contributed by atoms with Crippen LogP contribution in [0, 0.1) is 13.8 Å². The molecule has 0 N–H and O–H groups in total. The van der Waals surface area contributed by atoms with Crippen LogP contribution in [0.4, 0.5) is 0 Å². The van der Waals surface area contributed by atoms with Crippen LogP contribution in [0.3, 0.4) is 0 Å². The lowest BCUT2D eigenvalue weighted by molar-refractivity contribution is -0.155. The van der Waals surface area contributed by atoms with E-state index in [-0.39, 0.29) is 6.61 Å². The van der Waals surface area contributed by atoms with Crippen molar-refractivity contribution in [3.05, 3.63) is 57.9 Å². The molecule has 138 valence electrons. The molecule has 1 heterocycles. The first kappa shape index (κ1) is 19.7. The SMILES string of the molecule is CCOC(=O)COC(=O)C=Cc1c(C)nn(Cc2ccccc2Cl)c1C. The van der Waals surface area contributed by atoms with Gasteiger partial charge in [-0.05, 0) is 38.5 Å². The van der Waals surface area contributed by atoms with Crippen molar-refractivity contribution in [2.45, 2.75) is 27.3 Å². The van der Waals surface area contributed by atoms with E-state index in [0.717, 1.165) is 22.5 Å². The molecule has 6 nitrogen and oxygen atoms in total. The summed E-state index contributed by atoms with van der Waals surface area (Å²) >= 11 is 6.20. The summed E-state index contributed by atoms with van der Waals surface area (Å²) in [5, 5.41) is 5.18. The van der Waals surface area contributed by atoms with Crippen LogP contribution < -0.4 is 0 Å². The molecule has 0 saturated heterocycles. The largest absolute Gasteiger partial charge is 0.463 e. The van der Waals surface area contributed by atoms with Crippen molar-refractivity contribution in [3.63, 3.8) is 0 Å². The number of hydrogen-bond acceptors (Lipinski definition) is 5. The topological polar surface area (TPSA) is 70.4 Å². The Hall–Kier alpha value is -2.60. The third-order valence-corrected chi connectivity index (χ3v) is 4.11. The molecule has 0 spiro atoms. The number of rotatable bonds is 7. The average molecular weight is 377 g/mol. The van der Waals surface area contributed by atoms with Crippen LogP contribution in [-0.4, -0.2) is 34.9 Å². The molecule has 7 heteroatoms. The Kier molecular flexibility index (Phi) is 6.97. The molecule has 1 aromatic heterocycles. The first-order chi connectivity index (χ1) is 12.4. The molecule has 0 saturated carbocycles. The first-order valence-electron chi connectivity index (χ1n) is 8.20. The van der Waals surface area contributed by atoms with Gasteiger partial charge in [-0.25, -0.2) is 9.59 Å². The minimum Gasteiger partial charge on any atom is -0.463 e. The number of benzene rings is 1. The predicted octanol–water partition coefficient (Wildman–Crippen LogP) is 3.32. The van der Waals surface area contributed by atoms with Gasteiger partial charge < -0.3 is 9.47 Å². The van der Waals surface area contributed by atoms with Crippen LogP contribution in [0.1, 0.15) is 29.4 Å². The highest BCUT2D eigenvalue weighted by Crippen LogP contribution is 2.20. The molecule has 2 aromatic rings. The molecule has 0 aliphatic heterocycles. The van der Waals surface area contributed by atoms with Gasteiger partial charge >= 0.3 is 11.9 Å². The van der Waals surface area contributed by atoms with Crippen molar-refractivity contribution in [1.29, 1.82) is 0 Å². The van der Waals surface area contributed by atoms with E-state index in [2.05, 4.69) is 5.10 Å². The number of aryl methyl sites for hydroxylation is 1. The van der Waals surface area contributed by atoms with E-state index in [1.165, 1.54) is 6.08 Å². The van der Waals surface area contributed by atoms with Crippen molar-refractivity contribution in [2.24, 2.45) is 0 Å². The number of carbonyl (C=O) groups excluding carboxylic acids is 2. The van der Waals surface area contributed by atoms with Gasteiger partial charge in [0, 0.05) is 22.4 Å². The van der Waals surface area contributed by atoms with Gasteiger partial charge in [0.05, 0.1) is 18.8 Å². The molecule has 26 heavy (non-hydrogen) atoms. The summed E-state index contributed by atoms with van der Waals surface area (Å²) in [5.74, 6) is -1.19. The summed E-state index contributed by atoms with van der Waals surface area (Å²) in [6.45, 7) is 5.84. The Labute approximate surface area is 157 Å². The van der Waals surface area contributed by atoms with Gasteiger partial charge in [0.1, 0.15) is 0 Å². The summed E-state index contributed by atoms with van der Waals surface area (Å²) in [4.78, 5) is 22.9. The monoisotopic (exact) mass is 376 g/mol. The molecule has 0 unspecified atom stereocenters. The summed E-state index contributed by atoms with van der Waals surface area (Å²) in [6, 6.07) is 7.58. The van der Waals surface area contributed by atoms with E-state index < -0.39 is 18.5 Å². The third kappa shape index (κ3) is 5.20. The van der Waals surface area contributed by atoms with Crippen molar-refractivity contribution >= 4 is 29.6 Å². The summed E-state index contributed by atoms with van der Waals surface area (Å²) in [6.07, 6.45) is 2.91. The zero-order valence-electron chi connectivity index (χ0n) is 15.0. The third-order valence-electron chi connectivity index (χ3n) is 3.74. The van der Waals surface area contributed by atoms with E-state index in [1.807, 2.05) is 42.8 Å². The Morgan fingerprint density at radius 1 is 1.23 bits per heavy atom. The van der Waals surface area contributed by atoms with Gasteiger partial charge in [-0.3, -0.25) is 4.68 Å². The minimum absolute atomic E-state index is 0.245. The van der Waals surface area contributed by atoms with Gasteiger partial charge in [0.15, 0.2) is 6.61 Å². The highest BCUT2D eigenvalue weighted by Gasteiger charge is 2.12. The standard InChI is InChI=1S/C19H21ClN2O4/c1-4-25-19(24)12-26-18(23)10-9-16-13(2)21-22(14(16)3)11-15-7-5-6-8-17(15)20/h5-10H,4,11-12H2,1-3H3. The van der Waals surface area contributed by atoms with Gasteiger partial charge in [0.2, 0.25) is 0 Å². The predicted molar refractivity (Wildman–Crippen MR) is 98.9 cm³/mol. The molecule has 2 rings (SSSR count). The van der Waals surface area contributed by atoms with Gasteiger partial charge in [-0.2, -0.15) is 5.10 Å². The Morgan fingerprint density at radius 2 is 1.96 bits per heavy atom. The fraction of sp³-hybridized carbons (Fsp3) is 0.316. The minimum atomic E-state index is -0.615. The zero-order valence-corrected chi connectivity index (χ0v) is 15.7. The molecular weight excluding hydrogens is 356 g/mol. The number of aromatic nitrogens is 2. The van der Waals surface area contributed by atoms with Crippen LogP contribution in [0.2, 0.25) is 5.02 Å². The molecule has 0 atom stereocenters. The maximum Gasteiger partial charge on any atom is 0.344 e. The molecule has 0 bridgehead atoms. The fourth-order valence-corrected chi connectivity index (χ4v) is 2.62. The quantitative estimate of drug-likeness (QED) is 0.547. The second-order valence-electron chi connectivity index (χ2n) is 5.58. The van der Waals surface area contributed by atoms with E-state index >= 15 is 0 Å². The van der Waals surface area contributed by atoms with Crippen LogP contribution in [0.5, 0.6) is 0 Å². The number of ether oxygens (including phenoxy) is 2. The van der Waals surface area contributed by atoms with E-state index in [4.69, 9.17) is 21.1 Å². The van der Waals surface area contributed by atoms with Crippen molar-refractivity contribution in [1.82, 2.24) is 9.78 Å². The summed E-state index contributed by atoms with van der Waals surface area (Å²) in [5.41, 5.74) is 3.47. The van der Waals surface area contributed by atoms with Crippen LogP contribution in [-0.2, 0) is 25.6 Å². The van der Waals surface area contributed by atoms with Gasteiger partial charge in [-0.15, -0.1) is 0 Å². The lowest BCUT2D eigenvalue weighted by Gasteiger charge is -2.06. The summed E-state index contributed by atoms with van der Waals surface area (Å²) in [7, 11) is 0. The summed E-state index contributed by atoms with van der Waals surface area (Å²) < 4.78 is 11.4. The number of nitrogens with zero attached hydrogens (tertiary/aromatic N) is 2. The second kappa shape index (κ2) is 9.20. The Bertz CT molecular complexity index is 827. The highest BCUT2D eigenvalue weighted by molar-refractivity contribution is 6.31. The molecule has 0 aliphatic carbocycles. The van der Waals surface area contributed by atoms with E-state index in [0.29, 0.717) is 11.6 Å². The Balaban J connectivity index is 2.06. The first-order valence-corrected chi connectivity index (χ1v) is 8.58. The molecule has 0 radical (unpaired) electrons. The highest BCUT2D eigenvalue weighted by atomic mass is 35.5. The Morgan fingerprint density at radius 3 is 2.65 bits per heavy atom. The lowest BCUT2D eigenvalue weighted by Crippen LogP contribution is -2.15. The fourth-order valence-electron chi connectivity index (χ4n) is 2.43. The lowest BCUT2D eigenvalue weighted by atomic mass is 10.1. The van der Waals surface area contributed by atoms with Crippen LogP contribution in [0.15, 0.2) is 30.3 Å². The van der Waals surface area contributed by atoms with Crippen molar-refractivity contribution in [3.8, 4) is 0 Å². The van der Waals surface area contributed by atoms with Crippen molar-refractivity contribution < 1.29 is 19.1 Å². The smallest absolute Gasteiger partial charge is 0.344 e. The average Bonchev–Trinajstić information content (AvgIpc) is 2.87. The second-order valence-corrected chi connectivity index (χ2v) is 5.99. The van der Waals surface area contributed by atoms with Gasteiger partial charge in [0.25, 0.3) is 0 Å².